The molecule has 0 bridgehead atoms. The smallest absolute Gasteiger partial charge is 0.235 e. The maximum Gasteiger partial charge on any atom is 0.235 e. The third-order valence-corrected chi connectivity index (χ3v) is 6.98. The number of sulfonamides is 1. The predicted molar refractivity (Wildman–Crippen MR) is 98.1 cm³/mol. The largest absolute Gasteiger partial charge is 0.352 e. The molecule has 1 aliphatic heterocycles. The second-order valence-electron chi connectivity index (χ2n) is 7.14. The van der Waals surface area contributed by atoms with Crippen molar-refractivity contribution < 1.29 is 17.6 Å². The normalized spacial score (nSPS) is 23.4. The van der Waals surface area contributed by atoms with Crippen LogP contribution in [-0.4, -0.2) is 36.4 Å². The van der Waals surface area contributed by atoms with Crippen LogP contribution in [0.15, 0.2) is 30.6 Å². The van der Waals surface area contributed by atoms with Gasteiger partial charge in [0.2, 0.25) is 15.9 Å². The fraction of sp³-hybridized carbons (Fsp3) is 0.444. The molecule has 1 saturated heterocycles. The van der Waals surface area contributed by atoms with Gasteiger partial charge in [0.15, 0.2) is 0 Å². The number of carbonyl (C=O) groups is 1. The van der Waals surface area contributed by atoms with Gasteiger partial charge < -0.3 is 5.32 Å². The fourth-order valence-electron chi connectivity index (χ4n) is 3.58. The number of nitrogens with zero attached hydrogens (tertiary/aromatic N) is 3. The third kappa shape index (κ3) is 3.55. The van der Waals surface area contributed by atoms with E-state index in [1.54, 1.807) is 16.9 Å². The van der Waals surface area contributed by atoms with Crippen molar-refractivity contribution in [2.45, 2.75) is 25.3 Å². The van der Waals surface area contributed by atoms with Gasteiger partial charge in [0.1, 0.15) is 5.82 Å². The first-order valence-electron chi connectivity index (χ1n) is 8.90. The first kappa shape index (κ1) is 18.0. The van der Waals surface area contributed by atoms with E-state index in [9.17, 15) is 17.6 Å². The number of halogens is 1. The van der Waals surface area contributed by atoms with Crippen molar-refractivity contribution in [3.05, 3.63) is 47.5 Å². The lowest BCUT2D eigenvalue weighted by Crippen LogP contribution is -2.27. The van der Waals surface area contributed by atoms with E-state index in [0.29, 0.717) is 18.5 Å². The van der Waals surface area contributed by atoms with Gasteiger partial charge >= 0.3 is 0 Å². The zero-order valence-electron chi connectivity index (χ0n) is 14.9. The lowest BCUT2D eigenvalue weighted by molar-refractivity contribution is -0.122. The molecule has 27 heavy (non-hydrogen) atoms. The minimum atomic E-state index is -3.42. The van der Waals surface area contributed by atoms with Crippen LogP contribution in [0.1, 0.15) is 29.9 Å². The molecule has 2 aliphatic rings. The Morgan fingerprint density at radius 2 is 2.22 bits per heavy atom. The van der Waals surface area contributed by atoms with Gasteiger partial charge in [-0.15, -0.1) is 0 Å². The van der Waals surface area contributed by atoms with Gasteiger partial charge in [-0.3, -0.25) is 13.8 Å². The molecule has 9 heteroatoms. The van der Waals surface area contributed by atoms with Crippen LogP contribution in [0.4, 0.5) is 10.1 Å². The highest BCUT2D eigenvalue weighted by Crippen LogP contribution is 2.47. The summed E-state index contributed by atoms with van der Waals surface area (Å²) in [6, 6.07) is 4.40. The van der Waals surface area contributed by atoms with Gasteiger partial charge in [-0.05, 0) is 42.0 Å². The summed E-state index contributed by atoms with van der Waals surface area (Å²) >= 11 is 0. The van der Waals surface area contributed by atoms with Crippen molar-refractivity contribution in [3.8, 4) is 0 Å². The predicted octanol–water partition coefficient (Wildman–Crippen LogP) is 1.52. The topological polar surface area (TPSA) is 84.3 Å². The molecular weight excluding hydrogens is 371 g/mol. The summed E-state index contributed by atoms with van der Waals surface area (Å²) in [4.78, 5) is 12.3. The minimum Gasteiger partial charge on any atom is -0.352 e. The van der Waals surface area contributed by atoms with Crippen molar-refractivity contribution in [1.82, 2.24) is 15.1 Å². The Hall–Kier alpha value is -2.42. The number of amides is 1. The minimum absolute atomic E-state index is 0.0454. The van der Waals surface area contributed by atoms with Gasteiger partial charge in [-0.25, -0.2) is 12.8 Å². The van der Waals surface area contributed by atoms with E-state index in [4.69, 9.17) is 0 Å². The molecule has 0 radical (unpaired) electrons. The van der Waals surface area contributed by atoms with Crippen molar-refractivity contribution >= 4 is 21.6 Å². The molecule has 1 aliphatic carbocycles. The lowest BCUT2D eigenvalue weighted by atomic mass is 10.1. The summed E-state index contributed by atoms with van der Waals surface area (Å²) in [5.74, 6) is -0.488. The Balaban J connectivity index is 1.36. The Bertz CT molecular complexity index is 988. The van der Waals surface area contributed by atoms with Crippen LogP contribution in [-0.2, 0) is 28.4 Å². The van der Waals surface area contributed by atoms with Gasteiger partial charge in [-0.2, -0.15) is 5.10 Å². The van der Waals surface area contributed by atoms with Gasteiger partial charge in [-0.1, -0.05) is 6.07 Å². The Kier molecular flexibility index (Phi) is 4.41. The quantitative estimate of drug-likeness (QED) is 0.836. The highest BCUT2D eigenvalue weighted by molar-refractivity contribution is 7.93. The second-order valence-corrected chi connectivity index (χ2v) is 9.15. The summed E-state index contributed by atoms with van der Waals surface area (Å²) in [5.41, 5.74) is 1.72. The van der Waals surface area contributed by atoms with Crippen molar-refractivity contribution in [2.24, 2.45) is 13.0 Å². The molecule has 1 N–H and O–H groups in total. The van der Waals surface area contributed by atoms with E-state index >= 15 is 0 Å². The van der Waals surface area contributed by atoms with Gasteiger partial charge in [0.25, 0.3) is 0 Å². The number of hydrogen-bond donors (Lipinski definition) is 1. The van der Waals surface area contributed by atoms with E-state index < -0.39 is 15.8 Å². The average Bonchev–Trinajstić information content (AvgIpc) is 3.18. The van der Waals surface area contributed by atoms with E-state index in [1.807, 2.05) is 13.2 Å². The number of aromatic nitrogens is 2. The van der Waals surface area contributed by atoms with Crippen molar-refractivity contribution in [3.63, 3.8) is 0 Å². The second kappa shape index (κ2) is 6.63. The molecule has 2 aromatic rings. The van der Waals surface area contributed by atoms with Crippen LogP contribution in [0.25, 0.3) is 0 Å². The summed E-state index contributed by atoms with van der Waals surface area (Å²) in [6.45, 7) is 0.506. The average molecular weight is 392 g/mol. The summed E-state index contributed by atoms with van der Waals surface area (Å²) in [6.07, 6.45) is 4.98. The summed E-state index contributed by atoms with van der Waals surface area (Å²) in [7, 11) is -1.58. The number of aryl methyl sites for hydroxylation is 1. The van der Waals surface area contributed by atoms with Crippen molar-refractivity contribution in [2.75, 3.05) is 16.6 Å². The number of carbonyl (C=O) groups excluding carboxylic acids is 1. The number of rotatable bonds is 5. The van der Waals surface area contributed by atoms with Crippen LogP contribution in [0.2, 0.25) is 0 Å². The number of anilines is 1. The molecule has 2 atom stereocenters. The molecule has 2 fully saturated rings. The fourth-order valence-corrected chi connectivity index (χ4v) is 5.15. The van der Waals surface area contributed by atoms with E-state index in [-0.39, 0.29) is 35.7 Å². The zero-order valence-corrected chi connectivity index (χ0v) is 15.7. The van der Waals surface area contributed by atoms with E-state index in [0.717, 1.165) is 16.3 Å². The SMILES string of the molecule is Cn1cc([C@@H]2C[C@H]2C(=O)NCc2ccc(N3CCCS3(=O)=O)c(F)c2)cn1. The van der Waals surface area contributed by atoms with Crippen LogP contribution >= 0.6 is 0 Å². The van der Waals surface area contributed by atoms with Crippen LogP contribution in [0.5, 0.6) is 0 Å². The molecular formula is C18H21FN4O3S. The van der Waals surface area contributed by atoms with Crippen LogP contribution in [0, 0.1) is 11.7 Å². The zero-order chi connectivity index (χ0) is 19.2. The molecule has 7 nitrogen and oxygen atoms in total. The Labute approximate surface area is 157 Å². The van der Waals surface area contributed by atoms with Crippen LogP contribution in [0.3, 0.4) is 0 Å². The van der Waals surface area contributed by atoms with Crippen LogP contribution < -0.4 is 9.62 Å². The molecule has 2 heterocycles. The van der Waals surface area contributed by atoms with E-state index in [2.05, 4.69) is 10.4 Å². The first-order chi connectivity index (χ1) is 12.8. The van der Waals surface area contributed by atoms with Gasteiger partial charge in [0, 0.05) is 32.3 Å². The number of benzene rings is 1. The molecule has 1 saturated carbocycles. The monoisotopic (exact) mass is 392 g/mol. The standard InChI is InChI=1S/C18H21FN4O3S/c1-22-11-13(10-21-22)14-8-15(14)18(24)20-9-12-3-4-17(16(19)7-12)23-5-2-6-27(23,25)26/h3-4,7,10-11,14-15H,2,5-6,8-9H2,1H3,(H,20,24)/t14-,15+/m0/s1. The molecule has 1 amide bonds. The molecule has 144 valence electrons. The van der Waals surface area contributed by atoms with Crippen molar-refractivity contribution in [1.29, 1.82) is 0 Å². The molecule has 1 aromatic carbocycles. The molecule has 4 rings (SSSR count). The molecule has 0 spiro atoms. The lowest BCUT2D eigenvalue weighted by Gasteiger charge is -2.18. The Morgan fingerprint density at radius 1 is 1.41 bits per heavy atom. The maximum atomic E-state index is 14.4. The number of nitrogens with one attached hydrogen (secondary N) is 1. The maximum absolute atomic E-state index is 14.4. The van der Waals surface area contributed by atoms with Gasteiger partial charge in [0.05, 0.1) is 17.6 Å². The highest BCUT2D eigenvalue weighted by atomic mass is 32.2. The summed E-state index contributed by atoms with van der Waals surface area (Å²) in [5, 5.41) is 6.96. The number of hydrogen-bond acceptors (Lipinski definition) is 4. The molecule has 1 aromatic heterocycles. The first-order valence-corrected chi connectivity index (χ1v) is 10.5. The highest BCUT2D eigenvalue weighted by Gasteiger charge is 2.44. The van der Waals surface area contributed by atoms with E-state index in [1.165, 1.54) is 12.1 Å². The summed E-state index contributed by atoms with van der Waals surface area (Å²) < 4.78 is 41.1. The third-order valence-electron chi connectivity index (χ3n) is 5.13. The molecule has 0 unspecified atom stereocenters. The Morgan fingerprint density at radius 3 is 2.85 bits per heavy atom.